The Morgan fingerprint density at radius 3 is 2.55 bits per heavy atom. The molecule has 6 nitrogen and oxygen atoms in total. The van der Waals surface area contributed by atoms with Gasteiger partial charge in [-0.15, -0.1) is 16.8 Å². The number of rotatable bonds is 10. The molecule has 0 saturated heterocycles. The summed E-state index contributed by atoms with van der Waals surface area (Å²) in [5.41, 5.74) is 2.99. The predicted octanol–water partition coefficient (Wildman–Crippen LogP) is 5.75. The molecule has 172 valence electrons. The molecule has 1 aliphatic rings. The van der Waals surface area contributed by atoms with Crippen LogP contribution in [0.1, 0.15) is 38.2 Å². The predicted molar refractivity (Wildman–Crippen MR) is 134 cm³/mol. The van der Waals surface area contributed by atoms with Crippen LogP contribution in [-0.4, -0.2) is 32.5 Å². The number of hydrogen-bond acceptors (Lipinski definition) is 5. The van der Waals surface area contributed by atoms with Gasteiger partial charge in [-0.05, 0) is 74.1 Å². The number of anilines is 1. The van der Waals surface area contributed by atoms with Crippen molar-refractivity contribution in [3.63, 3.8) is 0 Å². The van der Waals surface area contributed by atoms with Gasteiger partial charge < -0.3 is 10.1 Å². The maximum absolute atomic E-state index is 12.4. The van der Waals surface area contributed by atoms with Crippen molar-refractivity contribution in [1.29, 1.82) is 0 Å². The summed E-state index contributed by atoms with van der Waals surface area (Å²) in [5.74, 6) is 1.81. The number of carbonyl (C=O) groups excluding carboxylic acids is 1. The third-order valence-electron chi connectivity index (χ3n) is 5.72. The maximum atomic E-state index is 12.4. The van der Waals surface area contributed by atoms with E-state index in [9.17, 15) is 4.79 Å². The van der Waals surface area contributed by atoms with E-state index in [4.69, 9.17) is 4.74 Å². The number of aryl methyl sites for hydroxylation is 1. The van der Waals surface area contributed by atoms with Gasteiger partial charge in [0.25, 0.3) is 0 Å². The molecule has 1 aliphatic carbocycles. The fraction of sp³-hybridized carbons (Fsp3) is 0.346. The molecular weight excluding hydrogens is 432 g/mol. The molecule has 2 aromatic carbocycles. The first kappa shape index (κ1) is 23.1. The van der Waals surface area contributed by atoms with Crippen LogP contribution >= 0.6 is 11.8 Å². The lowest BCUT2D eigenvalue weighted by Gasteiger charge is -2.13. The Morgan fingerprint density at radius 1 is 1.15 bits per heavy atom. The molecule has 0 aliphatic heterocycles. The molecular formula is C26H30N4O2S. The highest BCUT2D eigenvalue weighted by atomic mass is 32.2. The maximum Gasteiger partial charge on any atom is 0.234 e. The Hall–Kier alpha value is -3.06. The van der Waals surface area contributed by atoms with E-state index in [0.717, 1.165) is 42.1 Å². The summed E-state index contributed by atoms with van der Waals surface area (Å²) in [4.78, 5) is 12.4. The van der Waals surface area contributed by atoms with Crippen molar-refractivity contribution in [3.8, 4) is 17.1 Å². The number of aromatic nitrogens is 3. The highest BCUT2D eigenvalue weighted by Gasteiger charge is 2.18. The van der Waals surface area contributed by atoms with Gasteiger partial charge in [-0.3, -0.25) is 9.36 Å². The van der Waals surface area contributed by atoms with Gasteiger partial charge in [0.2, 0.25) is 5.91 Å². The molecule has 1 heterocycles. The fourth-order valence-electron chi connectivity index (χ4n) is 3.93. The fourth-order valence-corrected chi connectivity index (χ4v) is 4.68. The van der Waals surface area contributed by atoms with E-state index in [1.54, 1.807) is 0 Å². The molecule has 1 fully saturated rings. The minimum atomic E-state index is -0.0765. The molecule has 3 aromatic rings. The lowest BCUT2D eigenvalue weighted by molar-refractivity contribution is -0.113. The topological polar surface area (TPSA) is 69.0 Å². The average molecular weight is 463 g/mol. The molecule has 0 atom stereocenters. The zero-order valence-corrected chi connectivity index (χ0v) is 19.8. The van der Waals surface area contributed by atoms with Crippen molar-refractivity contribution in [3.05, 3.63) is 66.7 Å². The molecule has 1 aromatic heterocycles. The standard InChI is InChI=1S/C26H30N4O2S/c1-3-17-30-25(20-11-15-23(16-12-20)32-22-7-5-6-8-22)28-29-26(30)33-18-24(31)27-21-13-9-19(4-2)10-14-21/h3,9-16,22H,1,4-8,17-18H2,2H3,(H,27,31). The van der Waals surface area contributed by atoms with Gasteiger partial charge in [0.1, 0.15) is 5.75 Å². The second-order valence-corrected chi connectivity index (χ2v) is 9.08. The number of hydrogen-bond donors (Lipinski definition) is 1. The summed E-state index contributed by atoms with van der Waals surface area (Å²) >= 11 is 1.37. The Balaban J connectivity index is 1.40. The molecule has 0 spiro atoms. The number of benzene rings is 2. The summed E-state index contributed by atoms with van der Waals surface area (Å²) in [6, 6.07) is 15.9. The van der Waals surface area contributed by atoms with Gasteiger partial charge in [0.15, 0.2) is 11.0 Å². The van der Waals surface area contributed by atoms with Gasteiger partial charge in [-0.2, -0.15) is 0 Å². The second kappa shape index (κ2) is 11.2. The van der Waals surface area contributed by atoms with E-state index in [1.807, 2.05) is 59.2 Å². The van der Waals surface area contributed by atoms with Crippen LogP contribution in [0.15, 0.2) is 66.3 Å². The van der Waals surface area contributed by atoms with E-state index in [2.05, 4.69) is 29.0 Å². The van der Waals surface area contributed by atoms with E-state index in [-0.39, 0.29) is 11.7 Å². The van der Waals surface area contributed by atoms with Crippen LogP contribution in [0.3, 0.4) is 0 Å². The van der Waals surface area contributed by atoms with Crippen molar-refractivity contribution < 1.29 is 9.53 Å². The second-order valence-electron chi connectivity index (χ2n) is 8.14. The number of carbonyl (C=O) groups is 1. The highest BCUT2D eigenvalue weighted by Crippen LogP contribution is 2.28. The quantitative estimate of drug-likeness (QED) is 0.307. The third kappa shape index (κ3) is 6.05. The van der Waals surface area contributed by atoms with E-state index >= 15 is 0 Å². The molecule has 0 radical (unpaired) electrons. The van der Waals surface area contributed by atoms with Crippen molar-refractivity contribution in [1.82, 2.24) is 14.8 Å². The Labute approximate surface area is 199 Å². The minimum Gasteiger partial charge on any atom is -0.490 e. The first-order valence-electron chi connectivity index (χ1n) is 11.5. The first-order chi connectivity index (χ1) is 16.2. The number of ether oxygens (including phenoxy) is 1. The van der Waals surface area contributed by atoms with Crippen LogP contribution in [0.4, 0.5) is 5.69 Å². The lowest BCUT2D eigenvalue weighted by Crippen LogP contribution is -2.14. The zero-order chi connectivity index (χ0) is 23.0. The average Bonchev–Trinajstić information content (AvgIpc) is 3.49. The Bertz CT molecular complexity index is 1070. The Kier molecular flexibility index (Phi) is 7.83. The minimum absolute atomic E-state index is 0.0765. The van der Waals surface area contributed by atoms with E-state index in [1.165, 1.54) is 30.2 Å². The SMILES string of the molecule is C=CCn1c(SCC(=O)Nc2ccc(CC)cc2)nnc1-c1ccc(OC2CCCC2)cc1. The molecule has 1 saturated carbocycles. The van der Waals surface area contributed by atoms with Gasteiger partial charge in [-0.25, -0.2) is 0 Å². The van der Waals surface area contributed by atoms with Crippen LogP contribution in [0.5, 0.6) is 5.75 Å². The molecule has 33 heavy (non-hydrogen) atoms. The van der Waals surface area contributed by atoms with Gasteiger partial charge in [0, 0.05) is 17.8 Å². The highest BCUT2D eigenvalue weighted by molar-refractivity contribution is 7.99. The van der Waals surface area contributed by atoms with Crippen LogP contribution in [0.25, 0.3) is 11.4 Å². The van der Waals surface area contributed by atoms with Crippen LogP contribution in [-0.2, 0) is 17.8 Å². The van der Waals surface area contributed by atoms with Crippen molar-refractivity contribution >= 4 is 23.4 Å². The lowest BCUT2D eigenvalue weighted by atomic mass is 10.1. The zero-order valence-electron chi connectivity index (χ0n) is 19.0. The van der Waals surface area contributed by atoms with Crippen LogP contribution in [0.2, 0.25) is 0 Å². The largest absolute Gasteiger partial charge is 0.490 e. The summed E-state index contributed by atoms with van der Waals surface area (Å²) < 4.78 is 8.05. The molecule has 4 rings (SSSR count). The van der Waals surface area contributed by atoms with Gasteiger partial charge >= 0.3 is 0 Å². The molecule has 0 bridgehead atoms. The van der Waals surface area contributed by atoms with Crippen molar-refractivity contribution in [2.75, 3.05) is 11.1 Å². The summed E-state index contributed by atoms with van der Waals surface area (Å²) in [6.45, 7) is 6.53. The van der Waals surface area contributed by atoms with Crippen LogP contribution < -0.4 is 10.1 Å². The van der Waals surface area contributed by atoms with Gasteiger partial charge in [-0.1, -0.05) is 36.9 Å². The molecule has 0 unspecified atom stereocenters. The molecule has 1 N–H and O–H groups in total. The summed E-state index contributed by atoms with van der Waals surface area (Å²) in [7, 11) is 0. The first-order valence-corrected chi connectivity index (χ1v) is 12.5. The number of nitrogens with zero attached hydrogens (tertiary/aromatic N) is 3. The molecule has 7 heteroatoms. The normalized spacial score (nSPS) is 13.7. The third-order valence-corrected chi connectivity index (χ3v) is 6.69. The number of thioether (sulfide) groups is 1. The van der Waals surface area contributed by atoms with E-state index in [0.29, 0.717) is 17.8 Å². The number of nitrogens with one attached hydrogen (secondary N) is 1. The monoisotopic (exact) mass is 462 g/mol. The number of allylic oxidation sites excluding steroid dienone is 1. The van der Waals surface area contributed by atoms with Crippen molar-refractivity contribution in [2.24, 2.45) is 0 Å². The van der Waals surface area contributed by atoms with Crippen LogP contribution in [0, 0.1) is 0 Å². The summed E-state index contributed by atoms with van der Waals surface area (Å²) in [5, 5.41) is 12.4. The summed E-state index contributed by atoms with van der Waals surface area (Å²) in [6.07, 6.45) is 7.87. The Morgan fingerprint density at radius 2 is 1.88 bits per heavy atom. The van der Waals surface area contributed by atoms with E-state index < -0.39 is 0 Å². The van der Waals surface area contributed by atoms with Gasteiger partial charge in [0.05, 0.1) is 11.9 Å². The number of amides is 1. The smallest absolute Gasteiger partial charge is 0.234 e. The molecule has 1 amide bonds. The van der Waals surface area contributed by atoms with Crippen molar-refractivity contribution in [2.45, 2.75) is 56.8 Å².